The third-order valence-corrected chi connectivity index (χ3v) is 4.29. The van der Waals surface area contributed by atoms with Crippen LogP contribution >= 0.6 is 0 Å². The molecule has 1 saturated heterocycles. The van der Waals surface area contributed by atoms with Crippen molar-refractivity contribution in [2.24, 2.45) is 0 Å². The van der Waals surface area contributed by atoms with Crippen molar-refractivity contribution in [3.05, 3.63) is 12.4 Å². The molecule has 6 heteroatoms. The van der Waals surface area contributed by atoms with Crippen LogP contribution in [0.5, 0.6) is 0 Å². The zero-order valence-corrected chi connectivity index (χ0v) is 12.7. The van der Waals surface area contributed by atoms with Crippen molar-refractivity contribution < 1.29 is 4.79 Å². The fourth-order valence-electron chi connectivity index (χ4n) is 2.80. The molecular formula is C15H25N5O. The molecule has 21 heavy (non-hydrogen) atoms. The summed E-state index contributed by atoms with van der Waals surface area (Å²) in [7, 11) is 0. The Morgan fingerprint density at radius 2 is 2.05 bits per heavy atom. The minimum Gasteiger partial charge on any atom is -0.380 e. The molecular weight excluding hydrogens is 266 g/mol. The van der Waals surface area contributed by atoms with Crippen molar-refractivity contribution in [3.8, 4) is 0 Å². The summed E-state index contributed by atoms with van der Waals surface area (Å²) in [6.07, 6.45) is 8.32. The van der Waals surface area contributed by atoms with E-state index in [0.717, 1.165) is 38.2 Å². The molecule has 1 amide bonds. The van der Waals surface area contributed by atoms with Gasteiger partial charge < -0.3 is 15.5 Å². The number of nitrogens with zero attached hydrogens (tertiary/aromatic N) is 3. The lowest BCUT2D eigenvalue weighted by molar-refractivity contribution is -0.122. The minimum absolute atomic E-state index is 0.0587. The van der Waals surface area contributed by atoms with Gasteiger partial charge in [0.05, 0.1) is 11.9 Å². The second-order valence-electron chi connectivity index (χ2n) is 6.12. The average molecular weight is 291 g/mol. The highest BCUT2D eigenvalue weighted by atomic mass is 16.2. The zero-order valence-electron chi connectivity index (χ0n) is 12.7. The lowest BCUT2D eigenvalue weighted by Crippen LogP contribution is -2.38. The van der Waals surface area contributed by atoms with Gasteiger partial charge >= 0.3 is 0 Å². The Morgan fingerprint density at radius 1 is 1.29 bits per heavy atom. The minimum atomic E-state index is 0.0587. The molecule has 116 valence electrons. The third-order valence-electron chi connectivity index (χ3n) is 4.29. The molecule has 2 aliphatic rings. The molecule has 0 bridgehead atoms. The van der Waals surface area contributed by atoms with Crippen LogP contribution in [0.4, 0.5) is 5.69 Å². The Labute approximate surface area is 125 Å². The van der Waals surface area contributed by atoms with Crippen molar-refractivity contribution in [1.29, 1.82) is 0 Å². The normalized spacial score (nSPS) is 20.4. The van der Waals surface area contributed by atoms with Gasteiger partial charge in [-0.25, -0.2) is 0 Å². The molecule has 1 aromatic rings. The fourth-order valence-corrected chi connectivity index (χ4v) is 2.80. The molecule has 1 saturated carbocycles. The van der Waals surface area contributed by atoms with Gasteiger partial charge in [-0.05, 0) is 32.2 Å². The van der Waals surface area contributed by atoms with Crippen LogP contribution in [-0.2, 0) is 11.3 Å². The van der Waals surface area contributed by atoms with E-state index in [1.165, 1.54) is 12.8 Å². The molecule has 1 aliphatic carbocycles. The first kappa shape index (κ1) is 14.4. The van der Waals surface area contributed by atoms with Crippen LogP contribution in [0.15, 0.2) is 12.4 Å². The molecule has 1 aliphatic heterocycles. The molecule has 2 N–H and O–H groups in total. The molecule has 2 heterocycles. The number of carbonyl (C=O) groups is 1. The molecule has 1 aromatic heterocycles. The predicted octanol–water partition coefficient (Wildman–Crippen LogP) is 1.06. The summed E-state index contributed by atoms with van der Waals surface area (Å²) in [5.74, 6) is 0.0587. The predicted molar refractivity (Wildman–Crippen MR) is 82.2 cm³/mol. The molecule has 0 spiro atoms. The van der Waals surface area contributed by atoms with Gasteiger partial charge in [-0.2, -0.15) is 5.10 Å². The Bertz CT molecular complexity index is 474. The van der Waals surface area contributed by atoms with Crippen LogP contribution in [-0.4, -0.2) is 52.3 Å². The first-order valence-electron chi connectivity index (χ1n) is 8.03. The van der Waals surface area contributed by atoms with Crippen LogP contribution in [0.25, 0.3) is 0 Å². The van der Waals surface area contributed by atoms with Crippen LogP contribution in [0.3, 0.4) is 0 Å². The van der Waals surface area contributed by atoms with E-state index in [1.807, 2.05) is 12.4 Å². The van der Waals surface area contributed by atoms with Gasteiger partial charge in [0.25, 0.3) is 0 Å². The van der Waals surface area contributed by atoms with E-state index in [9.17, 15) is 4.79 Å². The third kappa shape index (κ3) is 4.20. The summed E-state index contributed by atoms with van der Waals surface area (Å²) in [4.78, 5) is 14.2. The molecule has 0 unspecified atom stereocenters. The van der Waals surface area contributed by atoms with E-state index in [-0.39, 0.29) is 5.91 Å². The Hall–Kier alpha value is -1.56. The quantitative estimate of drug-likeness (QED) is 0.822. The largest absolute Gasteiger partial charge is 0.380 e. The first-order chi connectivity index (χ1) is 10.2. The fraction of sp³-hybridized carbons (Fsp3) is 0.733. The number of hydrogen-bond acceptors (Lipinski definition) is 4. The number of nitrogens with one attached hydrogen (secondary N) is 2. The van der Waals surface area contributed by atoms with Crippen LogP contribution < -0.4 is 10.6 Å². The van der Waals surface area contributed by atoms with E-state index < -0.39 is 0 Å². The van der Waals surface area contributed by atoms with E-state index in [4.69, 9.17) is 0 Å². The van der Waals surface area contributed by atoms with Gasteiger partial charge in [0.2, 0.25) is 5.91 Å². The number of likely N-dealkylation sites (tertiary alicyclic amines) is 1. The maximum absolute atomic E-state index is 11.7. The lowest BCUT2D eigenvalue weighted by atomic mass is 10.1. The standard InChI is InChI=1S/C15H25N5O/c1-2-19-7-5-13(6-8-19)17-14-9-16-20(10-14)11-15(21)18-12-3-4-12/h9-10,12-13,17H,2-8,11H2,1H3,(H,18,21). The van der Waals surface area contributed by atoms with Crippen molar-refractivity contribution in [3.63, 3.8) is 0 Å². The Kier molecular flexibility index (Phi) is 4.43. The summed E-state index contributed by atoms with van der Waals surface area (Å²) in [5.41, 5.74) is 1.02. The van der Waals surface area contributed by atoms with E-state index in [1.54, 1.807) is 4.68 Å². The topological polar surface area (TPSA) is 62.2 Å². The smallest absolute Gasteiger partial charge is 0.241 e. The number of carbonyl (C=O) groups excluding carboxylic acids is 1. The van der Waals surface area contributed by atoms with E-state index in [0.29, 0.717) is 18.6 Å². The highest BCUT2D eigenvalue weighted by Gasteiger charge is 2.23. The molecule has 6 nitrogen and oxygen atoms in total. The average Bonchev–Trinajstić information content (AvgIpc) is 3.19. The number of piperidine rings is 1. The number of aromatic nitrogens is 2. The molecule has 0 aromatic carbocycles. The van der Waals surface area contributed by atoms with E-state index in [2.05, 4.69) is 27.6 Å². The summed E-state index contributed by atoms with van der Waals surface area (Å²) in [6.45, 7) is 5.98. The second-order valence-corrected chi connectivity index (χ2v) is 6.12. The van der Waals surface area contributed by atoms with E-state index >= 15 is 0 Å². The Morgan fingerprint density at radius 3 is 2.71 bits per heavy atom. The van der Waals surface area contributed by atoms with Gasteiger partial charge in [0.1, 0.15) is 6.54 Å². The SMILES string of the molecule is CCN1CCC(Nc2cnn(CC(=O)NC3CC3)c2)CC1. The summed E-state index contributed by atoms with van der Waals surface area (Å²) in [6, 6.07) is 0.931. The highest BCUT2D eigenvalue weighted by molar-refractivity contribution is 5.76. The lowest BCUT2D eigenvalue weighted by Gasteiger charge is -2.31. The zero-order chi connectivity index (χ0) is 14.7. The maximum Gasteiger partial charge on any atom is 0.241 e. The second kappa shape index (κ2) is 6.47. The van der Waals surface area contributed by atoms with Crippen LogP contribution in [0, 0.1) is 0 Å². The number of amides is 1. The van der Waals surface area contributed by atoms with Crippen LogP contribution in [0.2, 0.25) is 0 Å². The van der Waals surface area contributed by atoms with Gasteiger partial charge in [0, 0.05) is 31.4 Å². The first-order valence-corrected chi connectivity index (χ1v) is 8.03. The molecule has 3 rings (SSSR count). The number of hydrogen-bond donors (Lipinski definition) is 2. The van der Waals surface area contributed by atoms with Crippen molar-refractivity contribution in [1.82, 2.24) is 20.0 Å². The maximum atomic E-state index is 11.7. The molecule has 2 fully saturated rings. The summed E-state index contributed by atoms with van der Waals surface area (Å²) < 4.78 is 1.71. The Balaban J connectivity index is 1.45. The molecule has 0 atom stereocenters. The monoisotopic (exact) mass is 291 g/mol. The molecule has 0 radical (unpaired) electrons. The number of rotatable bonds is 6. The summed E-state index contributed by atoms with van der Waals surface area (Å²) in [5, 5.41) is 10.8. The van der Waals surface area contributed by atoms with Gasteiger partial charge in [0.15, 0.2) is 0 Å². The highest BCUT2D eigenvalue weighted by Crippen LogP contribution is 2.19. The van der Waals surface area contributed by atoms with Gasteiger partial charge in [-0.1, -0.05) is 6.92 Å². The summed E-state index contributed by atoms with van der Waals surface area (Å²) >= 11 is 0. The van der Waals surface area contributed by atoms with Crippen LogP contribution in [0.1, 0.15) is 32.6 Å². The van der Waals surface area contributed by atoms with Crippen molar-refractivity contribution in [2.45, 2.75) is 51.2 Å². The number of anilines is 1. The van der Waals surface area contributed by atoms with Crippen molar-refractivity contribution in [2.75, 3.05) is 25.0 Å². The van der Waals surface area contributed by atoms with Gasteiger partial charge in [-0.15, -0.1) is 0 Å². The van der Waals surface area contributed by atoms with Gasteiger partial charge in [-0.3, -0.25) is 9.48 Å². The van der Waals surface area contributed by atoms with Crippen molar-refractivity contribution >= 4 is 11.6 Å².